The van der Waals surface area contributed by atoms with E-state index in [1.54, 1.807) is 6.92 Å². The van der Waals surface area contributed by atoms with Crippen molar-refractivity contribution in [2.45, 2.75) is 31.3 Å². The lowest BCUT2D eigenvalue weighted by molar-refractivity contribution is 0.0376. The highest BCUT2D eigenvalue weighted by Gasteiger charge is 2.25. The lowest BCUT2D eigenvalue weighted by Crippen LogP contribution is -2.33. The van der Waals surface area contributed by atoms with E-state index in [2.05, 4.69) is 0 Å². The van der Waals surface area contributed by atoms with E-state index in [0.29, 0.717) is 10.6 Å². The van der Waals surface area contributed by atoms with E-state index in [-0.39, 0.29) is 11.5 Å². The minimum absolute atomic E-state index is 0.0874. The van der Waals surface area contributed by atoms with E-state index in [0.717, 1.165) is 6.07 Å². The quantitative estimate of drug-likeness (QED) is 0.809. The van der Waals surface area contributed by atoms with Gasteiger partial charge in [-0.25, -0.2) is 9.18 Å². The number of rotatable bonds is 5. The number of thioether (sulfide) groups is 1. The van der Waals surface area contributed by atoms with E-state index in [4.69, 9.17) is 5.11 Å². The molecule has 1 aromatic rings. The second-order valence-corrected chi connectivity index (χ2v) is 5.80. The van der Waals surface area contributed by atoms with Crippen LogP contribution >= 0.6 is 11.8 Å². The zero-order chi connectivity index (χ0) is 13.9. The number of hydrogen-bond acceptors (Lipinski definition) is 3. The molecule has 0 aromatic heterocycles. The normalized spacial score (nSPS) is 14.6. The highest BCUT2D eigenvalue weighted by atomic mass is 32.2. The van der Waals surface area contributed by atoms with E-state index >= 15 is 0 Å². The molecule has 0 saturated carbocycles. The van der Waals surface area contributed by atoms with Gasteiger partial charge in [-0.2, -0.15) is 0 Å². The Bertz CT molecular complexity index is 444. The molecule has 0 heterocycles. The number of hydrogen-bond donors (Lipinski definition) is 2. The first kappa shape index (κ1) is 15.0. The van der Waals surface area contributed by atoms with E-state index in [1.807, 2.05) is 13.8 Å². The molecule has 0 fully saturated rings. The van der Waals surface area contributed by atoms with Crippen molar-refractivity contribution in [2.75, 3.05) is 5.75 Å². The molecule has 0 amide bonds. The molecule has 0 aliphatic heterocycles. The molecule has 0 aliphatic carbocycles. The van der Waals surface area contributed by atoms with Gasteiger partial charge in [-0.15, -0.1) is 11.8 Å². The van der Waals surface area contributed by atoms with E-state index in [9.17, 15) is 14.3 Å². The molecule has 100 valence electrons. The molecule has 0 bridgehead atoms. The van der Waals surface area contributed by atoms with Crippen molar-refractivity contribution < 1.29 is 19.4 Å². The molecule has 18 heavy (non-hydrogen) atoms. The lowest BCUT2D eigenvalue weighted by atomic mass is 9.95. The topological polar surface area (TPSA) is 57.5 Å². The van der Waals surface area contributed by atoms with Crippen molar-refractivity contribution >= 4 is 17.7 Å². The second-order valence-electron chi connectivity index (χ2n) is 4.75. The van der Waals surface area contributed by atoms with Gasteiger partial charge in [-0.1, -0.05) is 13.8 Å². The number of halogens is 1. The average Bonchev–Trinajstić information content (AvgIpc) is 2.27. The summed E-state index contributed by atoms with van der Waals surface area (Å²) in [4.78, 5) is 11.4. The molecule has 0 aliphatic rings. The van der Waals surface area contributed by atoms with Gasteiger partial charge >= 0.3 is 5.97 Å². The van der Waals surface area contributed by atoms with Gasteiger partial charge in [0.05, 0.1) is 11.2 Å². The highest BCUT2D eigenvalue weighted by Crippen LogP contribution is 2.28. The van der Waals surface area contributed by atoms with Gasteiger partial charge in [-0.05, 0) is 31.0 Å². The summed E-state index contributed by atoms with van der Waals surface area (Å²) in [5, 5.41) is 18.9. The average molecular weight is 272 g/mol. The number of aromatic carboxylic acids is 1. The van der Waals surface area contributed by atoms with E-state index < -0.39 is 17.4 Å². The zero-order valence-corrected chi connectivity index (χ0v) is 11.4. The number of benzene rings is 1. The van der Waals surface area contributed by atoms with Crippen molar-refractivity contribution in [2.24, 2.45) is 5.92 Å². The van der Waals surface area contributed by atoms with Gasteiger partial charge in [0.1, 0.15) is 5.82 Å². The molecule has 1 aromatic carbocycles. The molecule has 1 rings (SSSR count). The maximum Gasteiger partial charge on any atom is 0.338 e. The van der Waals surface area contributed by atoms with Crippen LogP contribution in [0.15, 0.2) is 23.1 Å². The van der Waals surface area contributed by atoms with Crippen LogP contribution in [0.1, 0.15) is 31.1 Å². The Morgan fingerprint density at radius 1 is 1.50 bits per heavy atom. The SMILES string of the molecule is CC(C)C(C)(O)CSc1ccc(F)c(C(=O)O)c1. The van der Waals surface area contributed by atoms with Crippen molar-refractivity contribution in [3.05, 3.63) is 29.6 Å². The Morgan fingerprint density at radius 3 is 2.61 bits per heavy atom. The smallest absolute Gasteiger partial charge is 0.338 e. The van der Waals surface area contributed by atoms with Crippen molar-refractivity contribution in [3.63, 3.8) is 0 Å². The third-order valence-electron chi connectivity index (χ3n) is 2.94. The fraction of sp³-hybridized carbons (Fsp3) is 0.462. The summed E-state index contributed by atoms with van der Waals surface area (Å²) < 4.78 is 13.2. The zero-order valence-electron chi connectivity index (χ0n) is 10.6. The van der Waals surface area contributed by atoms with Gasteiger partial charge < -0.3 is 10.2 Å². The molecule has 1 unspecified atom stereocenters. The Kier molecular flexibility index (Phi) is 4.76. The van der Waals surface area contributed by atoms with Crippen LogP contribution < -0.4 is 0 Å². The number of carboxylic acids is 1. The summed E-state index contributed by atoms with van der Waals surface area (Å²) in [6.45, 7) is 5.55. The monoisotopic (exact) mass is 272 g/mol. The molecule has 2 N–H and O–H groups in total. The van der Waals surface area contributed by atoms with Gasteiger partial charge in [0.15, 0.2) is 0 Å². The Hall–Kier alpha value is -1.07. The summed E-state index contributed by atoms with van der Waals surface area (Å²) >= 11 is 1.32. The predicted octanol–water partition coefficient (Wildman–Crippen LogP) is 3.02. The molecule has 0 spiro atoms. The predicted molar refractivity (Wildman–Crippen MR) is 69.5 cm³/mol. The van der Waals surface area contributed by atoms with Crippen LogP contribution in [0.5, 0.6) is 0 Å². The van der Waals surface area contributed by atoms with Gasteiger partial charge in [-0.3, -0.25) is 0 Å². The standard InChI is InChI=1S/C13H17FO3S/c1-8(2)13(3,17)7-18-9-4-5-11(14)10(6-9)12(15)16/h4-6,8,17H,7H2,1-3H3,(H,15,16). The molecular weight excluding hydrogens is 255 g/mol. The number of aliphatic hydroxyl groups is 1. The van der Waals surface area contributed by atoms with E-state index in [1.165, 1.54) is 23.9 Å². The molecule has 3 nitrogen and oxygen atoms in total. The maximum atomic E-state index is 13.2. The van der Waals surface area contributed by atoms with Crippen LogP contribution in [-0.4, -0.2) is 27.5 Å². The summed E-state index contributed by atoms with van der Waals surface area (Å²) in [7, 11) is 0. The minimum Gasteiger partial charge on any atom is -0.478 e. The van der Waals surface area contributed by atoms with Crippen LogP contribution in [0.2, 0.25) is 0 Å². The van der Waals surface area contributed by atoms with Gasteiger partial charge in [0, 0.05) is 10.6 Å². The first-order valence-electron chi connectivity index (χ1n) is 5.62. The maximum absolute atomic E-state index is 13.2. The molecule has 1 atom stereocenters. The molecule has 0 saturated heterocycles. The fourth-order valence-electron chi connectivity index (χ4n) is 1.15. The third kappa shape index (κ3) is 3.71. The first-order valence-corrected chi connectivity index (χ1v) is 6.60. The summed E-state index contributed by atoms with van der Waals surface area (Å²) in [5.74, 6) is -1.52. The van der Waals surface area contributed by atoms with Gasteiger partial charge in [0.25, 0.3) is 0 Å². The molecule has 0 radical (unpaired) electrons. The lowest BCUT2D eigenvalue weighted by Gasteiger charge is -2.27. The third-order valence-corrected chi connectivity index (χ3v) is 4.26. The molecule has 5 heteroatoms. The summed E-state index contributed by atoms with van der Waals surface area (Å²) in [5.41, 5.74) is -1.19. The summed E-state index contributed by atoms with van der Waals surface area (Å²) in [6.07, 6.45) is 0. The number of carboxylic acid groups (broad SMARTS) is 1. The minimum atomic E-state index is -1.29. The first-order chi connectivity index (χ1) is 8.24. The van der Waals surface area contributed by atoms with Crippen LogP contribution in [0, 0.1) is 11.7 Å². The van der Waals surface area contributed by atoms with Crippen LogP contribution in [0.3, 0.4) is 0 Å². The highest BCUT2D eigenvalue weighted by molar-refractivity contribution is 7.99. The number of carbonyl (C=O) groups is 1. The summed E-state index contributed by atoms with van der Waals surface area (Å²) in [6, 6.07) is 3.94. The van der Waals surface area contributed by atoms with Gasteiger partial charge in [0.2, 0.25) is 0 Å². The van der Waals surface area contributed by atoms with Crippen LogP contribution in [0.25, 0.3) is 0 Å². The largest absolute Gasteiger partial charge is 0.478 e. The molecular formula is C13H17FO3S. The second kappa shape index (κ2) is 5.71. The van der Waals surface area contributed by atoms with Crippen molar-refractivity contribution in [1.29, 1.82) is 0 Å². The fourth-order valence-corrected chi connectivity index (χ4v) is 2.31. The van der Waals surface area contributed by atoms with Crippen LogP contribution in [0.4, 0.5) is 4.39 Å². The van der Waals surface area contributed by atoms with Crippen LogP contribution in [-0.2, 0) is 0 Å². The Balaban J connectivity index is 2.81. The van der Waals surface area contributed by atoms with Crippen molar-refractivity contribution in [3.8, 4) is 0 Å². The Labute approximate surface area is 110 Å². The van der Waals surface area contributed by atoms with Crippen molar-refractivity contribution in [1.82, 2.24) is 0 Å². The Morgan fingerprint density at radius 2 is 2.11 bits per heavy atom.